The molecule has 0 saturated heterocycles. The zero-order valence-electron chi connectivity index (χ0n) is 12.4. The Hall–Kier alpha value is -1.36. The number of nitrogens with two attached hydrogens (primary N) is 1. The van der Waals surface area contributed by atoms with E-state index in [0.717, 1.165) is 28.6 Å². The maximum atomic E-state index is 5.75. The zero-order chi connectivity index (χ0) is 15.2. The molecule has 4 heteroatoms. The topological polar surface area (TPSA) is 47.3 Å². The Labute approximate surface area is 134 Å². The van der Waals surface area contributed by atoms with Crippen molar-refractivity contribution in [3.63, 3.8) is 0 Å². The number of hydrogen-bond donors (Lipinski definition) is 2. The summed E-state index contributed by atoms with van der Waals surface area (Å²) in [5.74, 6) is 6.58. The van der Waals surface area contributed by atoms with Gasteiger partial charge in [0, 0.05) is 10.0 Å². The molecule has 3 N–H and O–H groups in total. The Balaban J connectivity index is 2.22. The lowest BCUT2D eigenvalue weighted by molar-refractivity contribution is 0.398. The lowest BCUT2D eigenvalue weighted by Crippen LogP contribution is -2.29. The molecule has 0 radical (unpaired) electrons. The summed E-state index contributed by atoms with van der Waals surface area (Å²) in [7, 11) is 1.68. The minimum atomic E-state index is 0.0144. The molecule has 0 saturated carbocycles. The minimum Gasteiger partial charge on any atom is -0.496 e. The van der Waals surface area contributed by atoms with Crippen molar-refractivity contribution in [3.8, 4) is 5.75 Å². The third-order valence-corrected chi connectivity index (χ3v) is 4.14. The summed E-state index contributed by atoms with van der Waals surface area (Å²) in [6, 6.07) is 14.7. The van der Waals surface area contributed by atoms with Gasteiger partial charge in [-0.25, -0.2) is 0 Å². The number of hydrogen-bond acceptors (Lipinski definition) is 3. The fourth-order valence-electron chi connectivity index (χ4n) is 2.38. The van der Waals surface area contributed by atoms with Gasteiger partial charge in [0.15, 0.2) is 0 Å². The van der Waals surface area contributed by atoms with Gasteiger partial charge in [0.2, 0.25) is 0 Å². The van der Waals surface area contributed by atoms with Crippen molar-refractivity contribution in [3.05, 3.63) is 63.6 Å². The molecule has 0 heterocycles. The van der Waals surface area contributed by atoms with Gasteiger partial charge in [-0.1, -0.05) is 53.2 Å². The monoisotopic (exact) mass is 348 g/mol. The molecule has 1 unspecified atom stereocenters. The van der Waals surface area contributed by atoms with E-state index in [0.29, 0.717) is 0 Å². The van der Waals surface area contributed by atoms with Gasteiger partial charge in [0.25, 0.3) is 0 Å². The van der Waals surface area contributed by atoms with Crippen LogP contribution in [-0.4, -0.2) is 7.11 Å². The first-order valence-electron chi connectivity index (χ1n) is 7.05. The van der Waals surface area contributed by atoms with Gasteiger partial charge in [-0.05, 0) is 36.1 Å². The fourth-order valence-corrected chi connectivity index (χ4v) is 2.72. The molecule has 2 rings (SSSR count). The van der Waals surface area contributed by atoms with Crippen molar-refractivity contribution in [2.75, 3.05) is 7.11 Å². The van der Waals surface area contributed by atoms with E-state index in [-0.39, 0.29) is 6.04 Å². The second-order valence-corrected chi connectivity index (χ2v) is 5.90. The first-order chi connectivity index (χ1) is 10.2. The van der Waals surface area contributed by atoms with Gasteiger partial charge in [-0.3, -0.25) is 11.3 Å². The Bertz CT molecular complexity index is 584. The number of benzene rings is 2. The molecule has 0 aliphatic rings. The van der Waals surface area contributed by atoms with E-state index >= 15 is 0 Å². The number of rotatable bonds is 6. The largest absolute Gasteiger partial charge is 0.496 e. The van der Waals surface area contributed by atoms with Crippen LogP contribution >= 0.6 is 15.9 Å². The van der Waals surface area contributed by atoms with Crippen molar-refractivity contribution in [1.29, 1.82) is 0 Å². The van der Waals surface area contributed by atoms with Crippen LogP contribution in [0.1, 0.15) is 29.7 Å². The number of halogens is 1. The average molecular weight is 349 g/mol. The van der Waals surface area contributed by atoms with E-state index in [1.165, 1.54) is 11.1 Å². The van der Waals surface area contributed by atoms with Crippen LogP contribution in [-0.2, 0) is 12.8 Å². The molecule has 0 aromatic heterocycles. The van der Waals surface area contributed by atoms with Crippen molar-refractivity contribution < 1.29 is 4.74 Å². The predicted molar refractivity (Wildman–Crippen MR) is 90.3 cm³/mol. The summed E-state index contributed by atoms with van der Waals surface area (Å²) >= 11 is 3.46. The van der Waals surface area contributed by atoms with Crippen molar-refractivity contribution >= 4 is 15.9 Å². The van der Waals surface area contributed by atoms with Gasteiger partial charge >= 0.3 is 0 Å². The summed E-state index contributed by atoms with van der Waals surface area (Å²) in [5, 5.41) is 0. The van der Waals surface area contributed by atoms with Crippen molar-refractivity contribution in [2.45, 2.75) is 25.8 Å². The Morgan fingerprint density at radius 1 is 1.14 bits per heavy atom. The molecule has 0 aliphatic carbocycles. The Kier molecular flexibility index (Phi) is 5.79. The number of methoxy groups -OCH3 is 1. The third kappa shape index (κ3) is 4.06. The van der Waals surface area contributed by atoms with Crippen LogP contribution in [0.2, 0.25) is 0 Å². The fraction of sp³-hybridized carbons (Fsp3) is 0.294. The van der Waals surface area contributed by atoms with Crippen LogP contribution in [0.25, 0.3) is 0 Å². The van der Waals surface area contributed by atoms with Gasteiger partial charge < -0.3 is 4.74 Å². The molecule has 0 aliphatic heterocycles. The summed E-state index contributed by atoms with van der Waals surface area (Å²) < 4.78 is 6.45. The first kappa shape index (κ1) is 16.0. The summed E-state index contributed by atoms with van der Waals surface area (Å²) in [5.41, 5.74) is 6.55. The molecular formula is C17H21BrN2O. The molecule has 0 bridgehead atoms. The van der Waals surface area contributed by atoms with Crippen LogP contribution in [0.5, 0.6) is 5.75 Å². The van der Waals surface area contributed by atoms with Gasteiger partial charge in [0.05, 0.1) is 13.2 Å². The lowest BCUT2D eigenvalue weighted by atomic mass is 9.97. The quantitative estimate of drug-likeness (QED) is 0.617. The molecule has 2 aromatic rings. The van der Waals surface area contributed by atoms with E-state index in [4.69, 9.17) is 10.6 Å². The lowest BCUT2D eigenvalue weighted by Gasteiger charge is -2.19. The second-order valence-electron chi connectivity index (χ2n) is 4.98. The Morgan fingerprint density at radius 2 is 1.81 bits per heavy atom. The maximum absolute atomic E-state index is 5.75. The predicted octanol–water partition coefficient (Wildman–Crippen LogP) is 3.77. The van der Waals surface area contributed by atoms with Crippen LogP contribution < -0.4 is 16.0 Å². The number of aryl methyl sites for hydroxylation is 1. The van der Waals surface area contributed by atoms with E-state index in [9.17, 15) is 0 Å². The highest BCUT2D eigenvalue weighted by Crippen LogP contribution is 2.30. The third-order valence-electron chi connectivity index (χ3n) is 3.64. The molecule has 112 valence electrons. The first-order valence-corrected chi connectivity index (χ1v) is 7.84. The molecule has 1 atom stereocenters. The van der Waals surface area contributed by atoms with Crippen molar-refractivity contribution in [2.24, 2.45) is 5.84 Å². The SMILES string of the molecule is CCc1ccc(CC(NN)c2ccc(Br)cc2OC)cc1. The highest BCUT2D eigenvalue weighted by Gasteiger charge is 2.15. The normalized spacial score (nSPS) is 12.2. The minimum absolute atomic E-state index is 0.0144. The van der Waals surface area contributed by atoms with Crippen LogP contribution in [0.3, 0.4) is 0 Å². The van der Waals surface area contributed by atoms with Crippen LogP contribution in [0.15, 0.2) is 46.9 Å². The maximum Gasteiger partial charge on any atom is 0.124 e. The van der Waals surface area contributed by atoms with Gasteiger partial charge in [-0.2, -0.15) is 0 Å². The van der Waals surface area contributed by atoms with E-state index in [1.54, 1.807) is 7.11 Å². The van der Waals surface area contributed by atoms with Crippen molar-refractivity contribution in [1.82, 2.24) is 5.43 Å². The molecule has 21 heavy (non-hydrogen) atoms. The highest BCUT2D eigenvalue weighted by molar-refractivity contribution is 9.10. The average Bonchev–Trinajstić information content (AvgIpc) is 2.53. The Morgan fingerprint density at radius 3 is 2.38 bits per heavy atom. The zero-order valence-corrected chi connectivity index (χ0v) is 14.0. The number of hydrazine groups is 1. The van der Waals surface area contributed by atoms with Gasteiger partial charge in [-0.15, -0.1) is 0 Å². The molecule has 0 amide bonds. The standard InChI is InChI=1S/C17H21BrN2O/c1-3-12-4-6-13(7-5-12)10-16(20-19)15-9-8-14(18)11-17(15)21-2/h4-9,11,16,20H,3,10,19H2,1-2H3. The number of nitrogens with one attached hydrogen (secondary N) is 1. The smallest absolute Gasteiger partial charge is 0.124 e. The molecule has 3 nitrogen and oxygen atoms in total. The van der Waals surface area contributed by atoms with Gasteiger partial charge in [0.1, 0.15) is 5.75 Å². The van der Waals surface area contributed by atoms with Crippen LogP contribution in [0, 0.1) is 0 Å². The highest BCUT2D eigenvalue weighted by atomic mass is 79.9. The van der Waals surface area contributed by atoms with E-state index in [1.807, 2.05) is 18.2 Å². The molecule has 0 fully saturated rings. The summed E-state index contributed by atoms with van der Waals surface area (Å²) in [4.78, 5) is 0. The molecule has 0 spiro atoms. The molecule has 2 aromatic carbocycles. The van der Waals surface area contributed by atoms with E-state index < -0.39 is 0 Å². The second kappa shape index (κ2) is 7.59. The van der Waals surface area contributed by atoms with E-state index in [2.05, 4.69) is 52.5 Å². The van der Waals surface area contributed by atoms with Crippen LogP contribution in [0.4, 0.5) is 0 Å². The summed E-state index contributed by atoms with van der Waals surface area (Å²) in [6.07, 6.45) is 1.87. The summed E-state index contributed by atoms with van der Waals surface area (Å²) in [6.45, 7) is 2.16. The molecular weight excluding hydrogens is 328 g/mol. The number of ether oxygens (including phenoxy) is 1.